The fraction of sp³-hybridized carbons (Fsp3) is 0.211. The first kappa shape index (κ1) is 20.5. The normalized spacial score (nSPS) is 12.7. The summed E-state index contributed by atoms with van der Waals surface area (Å²) in [6.45, 7) is 4.36. The van der Waals surface area contributed by atoms with E-state index in [2.05, 4.69) is 21.1 Å². The van der Waals surface area contributed by atoms with Crippen molar-refractivity contribution in [3.8, 4) is 0 Å². The van der Waals surface area contributed by atoms with E-state index in [-0.39, 0.29) is 11.5 Å². The van der Waals surface area contributed by atoms with Crippen molar-refractivity contribution in [2.45, 2.75) is 26.7 Å². The largest absolute Gasteiger partial charge is 0.270 e. The van der Waals surface area contributed by atoms with Crippen molar-refractivity contribution in [2.75, 3.05) is 0 Å². The zero-order valence-corrected chi connectivity index (χ0v) is 15.9. The minimum Gasteiger partial charge on any atom is -0.266 e. The first-order valence-corrected chi connectivity index (χ1v) is 8.48. The molecule has 8 heteroatoms. The van der Waals surface area contributed by atoms with Crippen LogP contribution in [0.3, 0.4) is 0 Å². The zero-order chi connectivity index (χ0) is 20.0. The molecule has 0 heterocycles. The maximum absolute atomic E-state index is 13.2. The molecule has 0 bridgehead atoms. The number of benzene rings is 2. The fourth-order valence-electron chi connectivity index (χ4n) is 2.13. The van der Waals surface area contributed by atoms with E-state index in [1.165, 1.54) is 12.1 Å². The molecule has 0 spiro atoms. The van der Waals surface area contributed by atoms with Gasteiger partial charge < -0.3 is 0 Å². The molecule has 3 N–H and O–H groups in total. The van der Waals surface area contributed by atoms with Crippen molar-refractivity contribution in [2.24, 2.45) is 10.2 Å². The summed E-state index contributed by atoms with van der Waals surface area (Å²) in [5.74, 6) is -3.01. The first-order valence-electron chi connectivity index (χ1n) is 8.10. The van der Waals surface area contributed by atoms with E-state index in [0.717, 1.165) is 12.5 Å². The maximum Gasteiger partial charge on any atom is 0.270 e. The number of hydrazone groups is 2. The number of alkyl halides is 2. The number of guanidine groups is 1. The SMILES string of the molecule is C/C(=N\NC(=N)N/N=C(\C)c1ccc(C(C)(F)F)cc1)c1ccc(Cl)cc1. The molecule has 0 aliphatic carbocycles. The van der Waals surface area contributed by atoms with Crippen LogP contribution in [-0.2, 0) is 5.92 Å². The average Bonchev–Trinajstić information content (AvgIpc) is 2.64. The van der Waals surface area contributed by atoms with E-state index in [1.807, 2.05) is 12.1 Å². The van der Waals surface area contributed by atoms with Crippen LogP contribution in [0.2, 0.25) is 5.02 Å². The quantitative estimate of drug-likeness (QED) is 0.392. The summed E-state index contributed by atoms with van der Waals surface area (Å²) >= 11 is 5.84. The highest BCUT2D eigenvalue weighted by atomic mass is 35.5. The van der Waals surface area contributed by atoms with E-state index < -0.39 is 5.92 Å². The van der Waals surface area contributed by atoms with Crippen molar-refractivity contribution < 1.29 is 8.78 Å². The predicted octanol–water partition coefficient (Wildman–Crippen LogP) is 4.71. The third kappa shape index (κ3) is 6.14. The summed E-state index contributed by atoms with van der Waals surface area (Å²) in [5.41, 5.74) is 7.78. The standard InChI is InChI=1S/C19H20ClF2N5/c1-12(14-4-8-16(9-5-14)19(3,21)22)24-26-18(23)27-25-13(2)15-6-10-17(20)11-7-15/h4-11H,1-3H3,(H3,23,26,27)/b24-12+,25-13+. The van der Waals surface area contributed by atoms with Crippen LogP contribution in [0.15, 0.2) is 58.7 Å². The third-order valence-electron chi connectivity index (χ3n) is 3.74. The van der Waals surface area contributed by atoms with Gasteiger partial charge in [0.1, 0.15) is 0 Å². The van der Waals surface area contributed by atoms with Crippen molar-refractivity contribution in [1.29, 1.82) is 5.41 Å². The summed E-state index contributed by atoms with van der Waals surface area (Å²) in [6.07, 6.45) is 0. The summed E-state index contributed by atoms with van der Waals surface area (Å²) in [6, 6.07) is 13.0. The summed E-state index contributed by atoms with van der Waals surface area (Å²) in [5, 5.41) is 16.6. The zero-order valence-electron chi connectivity index (χ0n) is 15.1. The number of hydrogen-bond acceptors (Lipinski definition) is 3. The molecule has 0 aliphatic heterocycles. The molecule has 27 heavy (non-hydrogen) atoms. The van der Waals surface area contributed by atoms with Gasteiger partial charge in [-0.2, -0.15) is 10.2 Å². The Morgan fingerprint density at radius 3 is 1.70 bits per heavy atom. The third-order valence-corrected chi connectivity index (χ3v) is 3.99. The lowest BCUT2D eigenvalue weighted by Gasteiger charge is -2.11. The number of halogens is 3. The smallest absolute Gasteiger partial charge is 0.266 e. The lowest BCUT2D eigenvalue weighted by Crippen LogP contribution is -2.30. The van der Waals surface area contributed by atoms with Crippen LogP contribution < -0.4 is 10.9 Å². The molecule has 2 aromatic rings. The van der Waals surface area contributed by atoms with Gasteiger partial charge in [0.25, 0.3) is 5.92 Å². The highest BCUT2D eigenvalue weighted by molar-refractivity contribution is 6.30. The van der Waals surface area contributed by atoms with E-state index in [4.69, 9.17) is 17.0 Å². The molecule has 142 valence electrons. The maximum atomic E-state index is 13.2. The van der Waals surface area contributed by atoms with Crippen molar-refractivity contribution >= 4 is 29.0 Å². The van der Waals surface area contributed by atoms with Gasteiger partial charge in [0, 0.05) is 17.5 Å². The van der Waals surface area contributed by atoms with Crippen LogP contribution in [0.5, 0.6) is 0 Å². The number of nitrogens with zero attached hydrogens (tertiary/aromatic N) is 2. The average molecular weight is 392 g/mol. The molecule has 0 aliphatic rings. The van der Waals surface area contributed by atoms with Gasteiger partial charge in [0.05, 0.1) is 11.4 Å². The lowest BCUT2D eigenvalue weighted by atomic mass is 10.1. The molecule has 5 nitrogen and oxygen atoms in total. The molecular formula is C19H20ClF2N5. The molecular weight excluding hydrogens is 372 g/mol. The van der Waals surface area contributed by atoms with Crippen LogP contribution in [-0.4, -0.2) is 17.4 Å². The highest BCUT2D eigenvalue weighted by Crippen LogP contribution is 2.26. The molecule has 0 atom stereocenters. The Morgan fingerprint density at radius 2 is 1.30 bits per heavy atom. The van der Waals surface area contributed by atoms with Crippen LogP contribution in [0.25, 0.3) is 0 Å². The fourth-order valence-corrected chi connectivity index (χ4v) is 2.25. The second-order valence-electron chi connectivity index (χ2n) is 5.97. The van der Waals surface area contributed by atoms with Crippen molar-refractivity contribution in [1.82, 2.24) is 10.9 Å². The Morgan fingerprint density at radius 1 is 0.889 bits per heavy atom. The van der Waals surface area contributed by atoms with Gasteiger partial charge in [-0.15, -0.1) is 0 Å². The number of nitrogens with one attached hydrogen (secondary N) is 3. The molecule has 0 saturated heterocycles. The van der Waals surface area contributed by atoms with Gasteiger partial charge in [-0.05, 0) is 37.1 Å². The molecule has 0 saturated carbocycles. The van der Waals surface area contributed by atoms with Crippen LogP contribution in [0, 0.1) is 5.41 Å². The van der Waals surface area contributed by atoms with E-state index >= 15 is 0 Å². The van der Waals surface area contributed by atoms with Gasteiger partial charge in [-0.3, -0.25) is 5.41 Å². The summed E-state index contributed by atoms with van der Waals surface area (Å²) in [4.78, 5) is 0. The molecule has 0 radical (unpaired) electrons. The molecule has 0 unspecified atom stereocenters. The molecule has 0 fully saturated rings. The predicted molar refractivity (Wildman–Crippen MR) is 106 cm³/mol. The van der Waals surface area contributed by atoms with Crippen LogP contribution in [0.4, 0.5) is 8.78 Å². The molecule has 2 rings (SSSR count). The van der Waals surface area contributed by atoms with Gasteiger partial charge in [-0.1, -0.05) is 48.0 Å². The van der Waals surface area contributed by atoms with Gasteiger partial charge >= 0.3 is 0 Å². The minimum atomic E-state index is -2.88. The summed E-state index contributed by atoms with van der Waals surface area (Å²) < 4.78 is 26.5. The molecule has 2 aromatic carbocycles. The lowest BCUT2D eigenvalue weighted by molar-refractivity contribution is 0.0175. The van der Waals surface area contributed by atoms with Gasteiger partial charge in [0.15, 0.2) is 0 Å². The Hall–Kier alpha value is -2.80. The molecule has 0 aromatic heterocycles. The Balaban J connectivity index is 1.95. The van der Waals surface area contributed by atoms with Gasteiger partial charge in [0.2, 0.25) is 5.96 Å². The Bertz CT molecular complexity index is 853. The monoisotopic (exact) mass is 391 g/mol. The number of rotatable bonds is 5. The highest BCUT2D eigenvalue weighted by Gasteiger charge is 2.23. The second-order valence-corrected chi connectivity index (χ2v) is 6.40. The van der Waals surface area contributed by atoms with Gasteiger partial charge in [-0.25, -0.2) is 19.6 Å². The summed E-state index contributed by atoms with van der Waals surface area (Å²) in [7, 11) is 0. The molecule has 0 amide bonds. The van der Waals surface area contributed by atoms with Crippen molar-refractivity contribution in [3.05, 3.63) is 70.2 Å². The van der Waals surface area contributed by atoms with Crippen molar-refractivity contribution in [3.63, 3.8) is 0 Å². The Labute approximate surface area is 161 Å². The van der Waals surface area contributed by atoms with E-state index in [9.17, 15) is 8.78 Å². The van der Waals surface area contributed by atoms with E-state index in [1.54, 1.807) is 38.1 Å². The number of hydrogen-bond donors (Lipinski definition) is 3. The first-order chi connectivity index (χ1) is 12.7. The Kier molecular flexibility index (Phi) is 6.63. The van der Waals surface area contributed by atoms with Crippen LogP contribution >= 0.6 is 11.6 Å². The van der Waals surface area contributed by atoms with E-state index in [0.29, 0.717) is 22.0 Å². The minimum absolute atomic E-state index is 0.0616. The topological polar surface area (TPSA) is 72.6 Å². The second kappa shape index (κ2) is 8.73. The van der Waals surface area contributed by atoms with Crippen LogP contribution in [0.1, 0.15) is 37.5 Å².